The quantitative estimate of drug-likeness (QED) is 0.825. The van der Waals surface area contributed by atoms with E-state index in [0.717, 1.165) is 34.7 Å². The Morgan fingerprint density at radius 1 is 1.39 bits per heavy atom. The summed E-state index contributed by atoms with van der Waals surface area (Å²) in [4.78, 5) is 4.67. The largest absolute Gasteiger partial charge is 0.311 e. The predicted molar refractivity (Wildman–Crippen MR) is 82.0 cm³/mol. The monoisotopic (exact) mass is 324 g/mol. The molecule has 0 aliphatic rings. The highest BCUT2D eigenvalue weighted by Crippen LogP contribution is 2.31. The Bertz CT molecular complexity index is 522. The highest BCUT2D eigenvalue weighted by atomic mass is 79.9. The summed E-state index contributed by atoms with van der Waals surface area (Å²) >= 11 is 5.31. The molecule has 4 heteroatoms. The van der Waals surface area contributed by atoms with Gasteiger partial charge in [0, 0.05) is 22.0 Å². The molecule has 2 rings (SSSR count). The van der Waals surface area contributed by atoms with E-state index in [9.17, 15) is 0 Å². The van der Waals surface area contributed by atoms with Gasteiger partial charge < -0.3 is 5.32 Å². The Kier molecular flexibility index (Phi) is 4.92. The zero-order chi connectivity index (χ0) is 13.0. The summed E-state index contributed by atoms with van der Waals surface area (Å²) in [5.41, 5.74) is 3.55. The first kappa shape index (κ1) is 13.7. The third-order valence-corrected chi connectivity index (χ3v) is 4.22. The minimum atomic E-state index is 0.855. The molecule has 0 aliphatic heterocycles. The maximum Gasteiger partial charge on any atom is 0.124 e. The second-order valence-corrected chi connectivity index (χ2v) is 6.02. The van der Waals surface area contributed by atoms with Crippen LogP contribution in [0.4, 0.5) is 0 Å². The summed E-state index contributed by atoms with van der Waals surface area (Å²) in [6.07, 6.45) is 1.15. The summed E-state index contributed by atoms with van der Waals surface area (Å²) in [5, 5.41) is 6.58. The second-order valence-electron chi connectivity index (χ2n) is 4.30. The average Bonchev–Trinajstić information content (AvgIpc) is 2.78. The Labute approximate surface area is 121 Å². The van der Waals surface area contributed by atoms with Gasteiger partial charge in [-0.15, -0.1) is 11.3 Å². The van der Waals surface area contributed by atoms with Crippen LogP contribution in [0.3, 0.4) is 0 Å². The van der Waals surface area contributed by atoms with Crippen LogP contribution in [0.5, 0.6) is 0 Å². The first-order valence-electron chi connectivity index (χ1n) is 6.12. The van der Waals surface area contributed by atoms with Gasteiger partial charge in [0.2, 0.25) is 0 Å². The van der Waals surface area contributed by atoms with E-state index in [1.807, 2.05) is 0 Å². The van der Waals surface area contributed by atoms with Crippen LogP contribution < -0.4 is 5.32 Å². The summed E-state index contributed by atoms with van der Waals surface area (Å²) in [6, 6.07) is 6.38. The lowest BCUT2D eigenvalue weighted by Crippen LogP contribution is -2.13. The number of thiazole rings is 1. The van der Waals surface area contributed by atoms with Crippen molar-refractivity contribution in [1.82, 2.24) is 10.3 Å². The molecule has 0 unspecified atom stereocenters. The molecule has 0 bridgehead atoms. The second kappa shape index (κ2) is 6.45. The molecule has 0 saturated carbocycles. The minimum Gasteiger partial charge on any atom is -0.311 e. The van der Waals surface area contributed by atoms with Gasteiger partial charge in [-0.3, -0.25) is 0 Å². The molecule has 0 aliphatic carbocycles. The normalized spacial score (nSPS) is 10.8. The van der Waals surface area contributed by atoms with E-state index < -0.39 is 0 Å². The van der Waals surface area contributed by atoms with Crippen molar-refractivity contribution in [2.24, 2.45) is 0 Å². The predicted octanol–water partition coefficient (Wildman–Crippen LogP) is 4.38. The van der Waals surface area contributed by atoms with Crippen LogP contribution in [0.15, 0.2) is 28.1 Å². The van der Waals surface area contributed by atoms with Gasteiger partial charge in [-0.2, -0.15) is 0 Å². The van der Waals surface area contributed by atoms with Crippen LogP contribution in [0, 0.1) is 6.92 Å². The fourth-order valence-electron chi connectivity index (χ4n) is 1.70. The van der Waals surface area contributed by atoms with E-state index in [4.69, 9.17) is 0 Å². The number of aromatic nitrogens is 1. The maximum absolute atomic E-state index is 4.67. The maximum atomic E-state index is 4.67. The molecule has 2 aromatic rings. The first-order valence-corrected chi connectivity index (χ1v) is 7.79. The van der Waals surface area contributed by atoms with Gasteiger partial charge in [0.25, 0.3) is 0 Å². The van der Waals surface area contributed by atoms with E-state index in [-0.39, 0.29) is 0 Å². The molecular formula is C14H17BrN2S. The van der Waals surface area contributed by atoms with Crippen LogP contribution in [-0.2, 0) is 6.54 Å². The molecule has 0 amide bonds. The van der Waals surface area contributed by atoms with Crippen LogP contribution in [0.1, 0.15) is 24.6 Å². The molecule has 0 atom stereocenters. The van der Waals surface area contributed by atoms with Gasteiger partial charge >= 0.3 is 0 Å². The number of hydrogen-bond acceptors (Lipinski definition) is 3. The Morgan fingerprint density at radius 3 is 2.94 bits per heavy atom. The topological polar surface area (TPSA) is 24.9 Å². The molecule has 1 aromatic carbocycles. The molecule has 0 saturated heterocycles. The smallest absolute Gasteiger partial charge is 0.124 e. The van der Waals surface area contributed by atoms with Gasteiger partial charge in [-0.25, -0.2) is 4.98 Å². The summed E-state index contributed by atoms with van der Waals surface area (Å²) in [5.74, 6) is 0. The van der Waals surface area contributed by atoms with Crippen LogP contribution >= 0.6 is 27.3 Å². The van der Waals surface area contributed by atoms with E-state index in [2.05, 4.69) is 63.7 Å². The molecule has 0 radical (unpaired) electrons. The zero-order valence-corrected chi connectivity index (χ0v) is 13.1. The van der Waals surface area contributed by atoms with Gasteiger partial charge in [-0.1, -0.05) is 35.0 Å². The molecular weight excluding hydrogens is 308 g/mol. The zero-order valence-electron chi connectivity index (χ0n) is 10.7. The molecule has 1 heterocycles. The number of nitrogens with one attached hydrogen (secondary N) is 1. The van der Waals surface area contributed by atoms with Crippen LogP contribution in [0.2, 0.25) is 0 Å². The van der Waals surface area contributed by atoms with Crippen molar-refractivity contribution >= 4 is 27.3 Å². The summed E-state index contributed by atoms with van der Waals surface area (Å²) < 4.78 is 1.12. The molecule has 96 valence electrons. The Balaban J connectivity index is 2.13. The fraction of sp³-hybridized carbons (Fsp3) is 0.357. The lowest BCUT2D eigenvalue weighted by atomic mass is 10.2. The summed E-state index contributed by atoms with van der Waals surface area (Å²) in [6.45, 7) is 6.16. The number of halogens is 1. The van der Waals surface area contributed by atoms with Crippen molar-refractivity contribution in [1.29, 1.82) is 0 Å². The highest BCUT2D eigenvalue weighted by molar-refractivity contribution is 9.10. The van der Waals surface area contributed by atoms with Gasteiger partial charge in [0.15, 0.2) is 0 Å². The first-order chi connectivity index (χ1) is 8.70. The third-order valence-electron chi connectivity index (χ3n) is 2.64. The standard InChI is InChI=1S/C14H17BrN2S/c1-3-6-16-8-11-9-18-14(17-11)12-5-4-10(2)7-13(12)15/h4-5,7,9,16H,3,6,8H2,1-2H3. The van der Waals surface area contributed by atoms with E-state index in [1.54, 1.807) is 11.3 Å². The molecule has 0 spiro atoms. The Hall–Kier alpha value is -0.710. The van der Waals surface area contributed by atoms with E-state index in [1.165, 1.54) is 11.1 Å². The fourth-order valence-corrected chi connectivity index (χ4v) is 3.37. The number of benzene rings is 1. The number of nitrogens with zero attached hydrogens (tertiary/aromatic N) is 1. The van der Waals surface area contributed by atoms with Crippen molar-refractivity contribution in [2.45, 2.75) is 26.8 Å². The van der Waals surface area contributed by atoms with Crippen LogP contribution in [-0.4, -0.2) is 11.5 Å². The SMILES string of the molecule is CCCNCc1csc(-c2ccc(C)cc2Br)n1. The van der Waals surface area contributed by atoms with E-state index >= 15 is 0 Å². The van der Waals surface area contributed by atoms with Crippen molar-refractivity contribution in [3.8, 4) is 10.6 Å². The van der Waals surface area contributed by atoms with Gasteiger partial charge in [0.1, 0.15) is 5.01 Å². The summed E-state index contributed by atoms with van der Waals surface area (Å²) in [7, 11) is 0. The molecule has 18 heavy (non-hydrogen) atoms. The van der Waals surface area contributed by atoms with Crippen molar-refractivity contribution in [3.63, 3.8) is 0 Å². The number of rotatable bonds is 5. The number of hydrogen-bond donors (Lipinski definition) is 1. The molecule has 1 N–H and O–H groups in total. The van der Waals surface area contributed by atoms with Gasteiger partial charge in [-0.05, 0) is 31.5 Å². The lowest BCUT2D eigenvalue weighted by molar-refractivity contribution is 0.667. The Morgan fingerprint density at radius 2 is 2.22 bits per heavy atom. The third kappa shape index (κ3) is 3.40. The minimum absolute atomic E-state index is 0.855. The van der Waals surface area contributed by atoms with Gasteiger partial charge in [0.05, 0.1) is 5.69 Å². The number of aryl methyl sites for hydroxylation is 1. The van der Waals surface area contributed by atoms with Crippen LogP contribution in [0.25, 0.3) is 10.6 Å². The average molecular weight is 325 g/mol. The highest BCUT2D eigenvalue weighted by Gasteiger charge is 2.08. The molecule has 1 aromatic heterocycles. The van der Waals surface area contributed by atoms with Crippen molar-refractivity contribution in [2.75, 3.05) is 6.54 Å². The van der Waals surface area contributed by atoms with Crippen molar-refractivity contribution in [3.05, 3.63) is 39.3 Å². The van der Waals surface area contributed by atoms with E-state index in [0.29, 0.717) is 0 Å². The lowest BCUT2D eigenvalue weighted by Gasteiger charge is -2.02. The molecule has 2 nitrogen and oxygen atoms in total. The van der Waals surface area contributed by atoms with Crippen molar-refractivity contribution < 1.29 is 0 Å². The molecule has 0 fully saturated rings.